The van der Waals surface area contributed by atoms with Crippen molar-refractivity contribution in [2.75, 3.05) is 23.3 Å². The van der Waals surface area contributed by atoms with Crippen molar-refractivity contribution in [3.8, 4) is 0 Å². The van der Waals surface area contributed by atoms with Crippen LogP contribution in [0.15, 0.2) is 24.3 Å². The highest BCUT2D eigenvalue weighted by Crippen LogP contribution is 2.28. The van der Waals surface area contributed by atoms with Gasteiger partial charge in [0, 0.05) is 25.5 Å². The van der Waals surface area contributed by atoms with Gasteiger partial charge in [0.1, 0.15) is 0 Å². The standard InChI is InChI=1S/C15H20BrN3O/c1-15(2)10-19(9-11(8-16)20-15)14-17-12-6-4-5-7-13(12)18(14)3/h4-7,11H,8-10H2,1-3H3. The Hall–Kier alpha value is -1.07. The molecule has 0 N–H and O–H groups in total. The number of benzene rings is 1. The number of hydrogen-bond acceptors (Lipinski definition) is 3. The average Bonchev–Trinajstić information content (AvgIpc) is 2.75. The van der Waals surface area contributed by atoms with Crippen LogP contribution in [0.3, 0.4) is 0 Å². The fourth-order valence-corrected chi connectivity index (χ4v) is 3.28. The Labute approximate surface area is 127 Å². The van der Waals surface area contributed by atoms with Gasteiger partial charge in [-0.15, -0.1) is 0 Å². The predicted octanol–water partition coefficient (Wildman–Crippen LogP) is 2.95. The van der Waals surface area contributed by atoms with E-state index in [9.17, 15) is 0 Å². The van der Waals surface area contributed by atoms with E-state index in [0.717, 1.165) is 29.9 Å². The molecular weight excluding hydrogens is 318 g/mol. The number of fused-ring (bicyclic) bond motifs is 1. The van der Waals surface area contributed by atoms with Gasteiger partial charge in [-0.25, -0.2) is 4.98 Å². The number of nitrogens with zero attached hydrogens (tertiary/aromatic N) is 3. The van der Waals surface area contributed by atoms with E-state index in [0.29, 0.717) is 0 Å². The normalized spacial score (nSPS) is 22.4. The number of morpholine rings is 1. The van der Waals surface area contributed by atoms with Crippen LogP contribution in [0.25, 0.3) is 11.0 Å². The fourth-order valence-electron chi connectivity index (χ4n) is 2.94. The predicted molar refractivity (Wildman–Crippen MR) is 85.7 cm³/mol. The Kier molecular flexibility index (Phi) is 3.50. The Morgan fingerprint density at radius 2 is 2.15 bits per heavy atom. The molecule has 2 aromatic rings. The molecule has 1 aromatic carbocycles. The second-order valence-electron chi connectivity index (χ2n) is 5.99. The highest BCUT2D eigenvalue weighted by molar-refractivity contribution is 9.09. The molecule has 4 nitrogen and oxygen atoms in total. The Balaban J connectivity index is 1.99. The largest absolute Gasteiger partial charge is 0.368 e. The van der Waals surface area contributed by atoms with Gasteiger partial charge in [-0.05, 0) is 26.0 Å². The number of anilines is 1. The molecule has 5 heteroatoms. The lowest BCUT2D eigenvalue weighted by Gasteiger charge is -2.42. The molecule has 1 unspecified atom stereocenters. The first-order valence-corrected chi connectivity index (χ1v) is 8.02. The number of para-hydroxylation sites is 2. The molecular formula is C15H20BrN3O. The molecule has 1 fully saturated rings. The van der Waals surface area contributed by atoms with E-state index in [1.165, 1.54) is 5.52 Å². The minimum Gasteiger partial charge on any atom is -0.368 e. The Morgan fingerprint density at radius 1 is 1.40 bits per heavy atom. The molecule has 1 saturated heterocycles. The Morgan fingerprint density at radius 3 is 2.85 bits per heavy atom. The van der Waals surface area contributed by atoms with Gasteiger partial charge in [0.15, 0.2) is 0 Å². The molecule has 0 amide bonds. The van der Waals surface area contributed by atoms with Crippen molar-refractivity contribution in [2.24, 2.45) is 7.05 Å². The number of aromatic nitrogens is 2. The van der Waals surface area contributed by atoms with Crippen molar-refractivity contribution >= 4 is 32.9 Å². The van der Waals surface area contributed by atoms with Crippen molar-refractivity contribution in [1.82, 2.24) is 9.55 Å². The van der Waals surface area contributed by atoms with Gasteiger partial charge >= 0.3 is 0 Å². The number of hydrogen-bond donors (Lipinski definition) is 0. The average molecular weight is 338 g/mol. The van der Waals surface area contributed by atoms with Crippen molar-refractivity contribution in [1.29, 1.82) is 0 Å². The number of ether oxygens (including phenoxy) is 1. The lowest BCUT2D eigenvalue weighted by Crippen LogP contribution is -2.54. The SMILES string of the molecule is Cn1c(N2CC(CBr)OC(C)(C)C2)nc2ccccc21. The van der Waals surface area contributed by atoms with E-state index in [1.807, 2.05) is 6.07 Å². The van der Waals surface area contributed by atoms with Crippen molar-refractivity contribution in [2.45, 2.75) is 25.6 Å². The smallest absolute Gasteiger partial charge is 0.206 e. The van der Waals surface area contributed by atoms with E-state index >= 15 is 0 Å². The van der Waals surface area contributed by atoms with Crippen LogP contribution in [0.1, 0.15) is 13.8 Å². The zero-order chi connectivity index (χ0) is 14.3. The van der Waals surface area contributed by atoms with Crippen LogP contribution in [0.2, 0.25) is 0 Å². The molecule has 2 heterocycles. The summed E-state index contributed by atoms with van der Waals surface area (Å²) in [5.41, 5.74) is 2.06. The second-order valence-corrected chi connectivity index (χ2v) is 6.64. The number of imidazole rings is 1. The summed E-state index contributed by atoms with van der Waals surface area (Å²) in [5.74, 6) is 1.02. The summed E-state index contributed by atoms with van der Waals surface area (Å²) in [7, 11) is 2.08. The summed E-state index contributed by atoms with van der Waals surface area (Å²) < 4.78 is 8.23. The van der Waals surface area contributed by atoms with Crippen molar-refractivity contribution in [3.63, 3.8) is 0 Å². The molecule has 1 aliphatic rings. The minimum absolute atomic E-state index is 0.158. The lowest BCUT2D eigenvalue weighted by atomic mass is 10.1. The van der Waals surface area contributed by atoms with Crippen LogP contribution in [0, 0.1) is 0 Å². The van der Waals surface area contributed by atoms with Gasteiger partial charge in [-0.3, -0.25) is 0 Å². The van der Waals surface area contributed by atoms with E-state index in [4.69, 9.17) is 9.72 Å². The molecule has 20 heavy (non-hydrogen) atoms. The van der Waals surface area contributed by atoms with E-state index in [1.54, 1.807) is 0 Å². The molecule has 0 saturated carbocycles. The summed E-state index contributed by atoms with van der Waals surface area (Å²) in [4.78, 5) is 7.12. The van der Waals surface area contributed by atoms with Crippen molar-refractivity contribution < 1.29 is 4.74 Å². The molecule has 1 aromatic heterocycles. The highest BCUT2D eigenvalue weighted by atomic mass is 79.9. The molecule has 1 aliphatic heterocycles. The molecule has 0 radical (unpaired) electrons. The summed E-state index contributed by atoms with van der Waals surface area (Å²) >= 11 is 3.54. The second kappa shape index (κ2) is 5.04. The first kappa shape index (κ1) is 13.9. The van der Waals surface area contributed by atoms with Crippen LogP contribution < -0.4 is 4.90 Å². The number of rotatable bonds is 2. The zero-order valence-electron chi connectivity index (χ0n) is 12.1. The van der Waals surface area contributed by atoms with Crippen LogP contribution in [0.4, 0.5) is 5.95 Å². The van der Waals surface area contributed by atoms with Crippen LogP contribution in [-0.4, -0.2) is 39.7 Å². The maximum absolute atomic E-state index is 6.06. The molecule has 1 atom stereocenters. The molecule has 108 valence electrons. The summed E-state index contributed by atoms with van der Waals surface area (Å²) in [6, 6.07) is 8.26. The fraction of sp³-hybridized carbons (Fsp3) is 0.533. The first-order chi connectivity index (χ1) is 9.50. The maximum Gasteiger partial charge on any atom is 0.206 e. The van der Waals surface area contributed by atoms with Gasteiger partial charge in [0.2, 0.25) is 5.95 Å². The Bertz CT molecular complexity index is 623. The zero-order valence-corrected chi connectivity index (χ0v) is 13.7. The monoisotopic (exact) mass is 337 g/mol. The third kappa shape index (κ3) is 2.44. The van der Waals surface area contributed by atoms with Gasteiger partial charge in [-0.2, -0.15) is 0 Å². The molecule has 3 rings (SSSR count). The quantitative estimate of drug-likeness (QED) is 0.789. The van der Waals surface area contributed by atoms with E-state index in [-0.39, 0.29) is 11.7 Å². The van der Waals surface area contributed by atoms with Crippen LogP contribution in [-0.2, 0) is 11.8 Å². The van der Waals surface area contributed by atoms with Crippen LogP contribution in [0.5, 0.6) is 0 Å². The van der Waals surface area contributed by atoms with Crippen molar-refractivity contribution in [3.05, 3.63) is 24.3 Å². The third-order valence-corrected chi connectivity index (χ3v) is 4.42. The highest BCUT2D eigenvalue weighted by Gasteiger charge is 2.34. The number of alkyl halides is 1. The van der Waals surface area contributed by atoms with E-state index < -0.39 is 0 Å². The van der Waals surface area contributed by atoms with Gasteiger partial charge in [0.25, 0.3) is 0 Å². The lowest BCUT2D eigenvalue weighted by molar-refractivity contribution is -0.0728. The van der Waals surface area contributed by atoms with E-state index in [2.05, 4.69) is 64.5 Å². The van der Waals surface area contributed by atoms with Crippen LogP contribution >= 0.6 is 15.9 Å². The van der Waals surface area contributed by atoms with Gasteiger partial charge in [0.05, 0.1) is 22.7 Å². The molecule has 0 bridgehead atoms. The van der Waals surface area contributed by atoms with Gasteiger partial charge < -0.3 is 14.2 Å². The topological polar surface area (TPSA) is 30.3 Å². The van der Waals surface area contributed by atoms with Gasteiger partial charge in [-0.1, -0.05) is 28.1 Å². The number of halogens is 1. The minimum atomic E-state index is -0.158. The molecule has 0 aliphatic carbocycles. The summed E-state index contributed by atoms with van der Waals surface area (Å²) in [6.45, 7) is 5.99. The third-order valence-electron chi connectivity index (χ3n) is 3.70. The molecule has 0 spiro atoms. The summed E-state index contributed by atoms with van der Waals surface area (Å²) in [6.07, 6.45) is 0.193. The first-order valence-electron chi connectivity index (χ1n) is 6.90. The number of aryl methyl sites for hydroxylation is 1. The maximum atomic E-state index is 6.06. The summed E-state index contributed by atoms with van der Waals surface area (Å²) in [5, 5.41) is 0.844.